The van der Waals surface area contributed by atoms with Crippen LogP contribution in [0.25, 0.3) is 0 Å². The third kappa shape index (κ3) is 7.24. The average Bonchev–Trinajstić information content (AvgIpc) is 2.83. The van der Waals surface area contributed by atoms with E-state index >= 15 is 0 Å². The second-order valence-corrected chi connectivity index (χ2v) is 7.92. The van der Waals surface area contributed by atoms with E-state index in [1.165, 1.54) is 25.0 Å². The Morgan fingerprint density at radius 1 is 1.20 bits per heavy atom. The Kier molecular flexibility index (Phi) is 4.98. The van der Waals surface area contributed by atoms with E-state index in [1.54, 1.807) is 0 Å². The summed E-state index contributed by atoms with van der Waals surface area (Å²) in [6.45, 7) is 11.5. The van der Waals surface area contributed by atoms with E-state index in [-0.39, 0.29) is 0 Å². The summed E-state index contributed by atoms with van der Waals surface area (Å²) in [7, 11) is 0. The summed E-state index contributed by atoms with van der Waals surface area (Å²) in [6.07, 6.45) is 4.32. The molecule has 0 aromatic heterocycles. The summed E-state index contributed by atoms with van der Waals surface area (Å²) in [5, 5.41) is 3.70. The van der Waals surface area contributed by atoms with Crippen LogP contribution in [0.4, 0.5) is 0 Å². The van der Waals surface area contributed by atoms with Gasteiger partial charge < -0.3 is 5.32 Å². The van der Waals surface area contributed by atoms with E-state index in [1.807, 2.05) is 0 Å². The molecule has 0 bridgehead atoms. The summed E-state index contributed by atoms with van der Waals surface area (Å²) >= 11 is 2.06. The van der Waals surface area contributed by atoms with Crippen LogP contribution in [0.15, 0.2) is 0 Å². The molecule has 2 heteroatoms. The highest BCUT2D eigenvalue weighted by Gasteiger charge is 2.24. The first kappa shape index (κ1) is 13.4. The molecule has 0 saturated heterocycles. The van der Waals surface area contributed by atoms with Gasteiger partial charge in [-0.1, -0.05) is 33.6 Å². The van der Waals surface area contributed by atoms with Gasteiger partial charge in [-0.2, -0.15) is 11.8 Å². The van der Waals surface area contributed by atoms with Crippen molar-refractivity contribution in [2.24, 2.45) is 5.92 Å². The van der Waals surface area contributed by atoms with Gasteiger partial charge in [-0.05, 0) is 26.2 Å². The molecule has 0 amide bonds. The molecule has 0 radical (unpaired) electrons. The fraction of sp³-hybridized carbons (Fsp3) is 1.00. The minimum Gasteiger partial charge on any atom is -0.311 e. The molecule has 0 aliphatic heterocycles. The SMILES string of the molecule is CC(CSC(C)(C)C)NC(C)CC1CC1. The molecule has 2 unspecified atom stereocenters. The van der Waals surface area contributed by atoms with E-state index in [0.717, 1.165) is 5.92 Å². The minimum absolute atomic E-state index is 0.398. The molecule has 0 aromatic rings. The van der Waals surface area contributed by atoms with E-state index in [4.69, 9.17) is 0 Å². The van der Waals surface area contributed by atoms with Gasteiger partial charge in [0.1, 0.15) is 0 Å². The second kappa shape index (κ2) is 5.58. The Morgan fingerprint density at radius 3 is 2.27 bits per heavy atom. The summed E-state index contributed by atoms with van der Waals surface area (Å²) in [5.41, 5.74) is 0. The number of hydrogen-bond acceptors (Lipinski definition) is 2. The number of hydrogen-bond donors (Lipinski definition) is 1. The second-order valence-electron chi connectivity index (χ2n) is 6.07. The number of thioether (sulfide) groups is 1. The third-order valence-electron chi connectivity index (χ3n) is 2.72. The van der Waals surface area contributed by atoms with Gasteiger partial charge >= 0.3 is 0 Å². The summed E-state index contributed by atoms with van der Waals surface area (Å²) in [6, 6.07) is 1.34. The van der Waals surface area contributed by atoms with Crippen LogP contribution >= 0.6 is 11.8 Å². The smallest absolute Gasteiger partial charge is 0.0132 e. The molecule has 15 heavy (non-hydrogen) atoms. The first-order valence-corrected chi connectivity index (χ1v) is 7.25. The molecule has 1 rings (SSSR count). The van der Waals surface area contributed by atoms with Crippen LogP contribution in [-0.2, 0) is 0 Å². The summed E-state index contributed by atoms with van der Waals surface area (Å²) in [4.78, 5) is 0. The molecule has 1 aliphatic carbocycles. The molecule has 0 spiro atoms. The number of rotatable bonds is 6. The Bertz CT molecular complexity index is 181. The average molecular weight is 229 g/mol. The zero-order valence-corrected chi connectivity index (χ0v) is 11.8. The standard InChI is InChI=1S/C13H27NS/c1-10(8-12-6-7-12)14-11(2)9-15-13(3,4)5/h10-12,14H,6-9H2,1-5H3. The Hall–Kier alpha value is 0.310. The maximum atomic E-state index is 3.70. The van der Waals surface area contributed by atoms with E-state index < -0.39 is 0 Å². The predicted molar refractivity (Wildman–Crippen MR) is 71.6 cm³/mol. The quantitative estimate of drug-likeness (QED) is 0.745. The lowest BCUT2D eigenvalue weighted by Crippen LogP contribution is -2.37. The molecule has 1 fully saturated rings. The summed E-state index contributed by atoms with van der Waals surface area (Å²) in [5.74, 6) is 2.26. The molecule has 1 nitrogen and oxygen atoms in total. The van der Waals surface area contributed by atoms with Gasteiger partial charge in [0.25, 0.3) is 0 Å². The van der Waals surface area contributed by atoms with Crippen molar-refractivity contribution in [3.8, 4) is 0 Å². The highest BCUT2D eigenvalue weighted by molar-refractivity contribution is 8.00. The predicted octanol–water partition coefficient (Wildman–Crippen LogP) is 3.68. The van der Waals surface area contributed by atoms with Crippen molar-refractivity contribution in [1.29, 1.82) is 0 Å². The molecule has 1 saturated carbocycles. The van der Waals surface area contributed by atoms with Gasteiger partial charge in [-0.25, -0.2) is 0 Å². The van der Waals surface area contributed by atoms with E-state index in [0.29, 0.717) is 16.8 Å². The monoisotopic (exact) mass is 229 g/mol. The molecule has 1 aliphatic rings. The van der Waals surface area contributed by atoms with Crippen molar-refractivity contribution >= 4 is 11.8 Å². The van der Waals surface area contributed by atoms with Gasteiger partial charge in [0.2, 0.25) is 0 Å². The molecular weight excluding hydrogens is 202 g/mol. The van der Waals surface area contributed by atoms with Crippen LogP contribution in [0.5, 0.6) is 0 Å². The Balaban J connectivity index is 2.08. The van der Waals surface area contributed by atoms with Crippen molar-refractivity contribution < 1.29 is 0 Å². The van der Waals surface area contributed by atoms with Gasteiger partial charge in [-0.3, -0.25) is 0 Å². The van der Waals surface area contributed by atoms with Gasteiger partial charge in [0, 0.05) is 22.6 Å². The molecule has 0 aromatic carbocycles. The maximum absolute atomic E-state index is 3.70. The maximum Gasteiger partial charge on any atom is 0.0132 e. The lowest BCUT2D eigenvalue weighted by molar-refractivity contribution is 0.449. The zero-order chi connectivity index (χ0) is 11.5. The first-order valence-electron chi connectivity index (χ1n) is 6.27. The van der Waals surface area contributed by atoms with Gasteiger partial charge in [-0.15, -0.1) is 0 Å². The van der Waals surface area contributed by atoms with Crippen LogP contribution in [0, 0.1) is 5.92 Å². The lowest BCUT2D eigenvalue weighted by atomic mass is 10.1. The Labute approximate surface area is 99.8 Å². The topological polar surface area (TPSA) is 12.0 Å². The molecule has 90 valence electrons. The van der Waals surface area contributed by atoms with Crippen LogP contribution in [0.2, 0.25) is 0 Å². The van der Waals surface area contributed by atoms with Crippen LogP contribution in [0.1, 0.15) is 53.9 Å². The zero-order valence-electron chi connectivity index (χ0n) is 11.0. The molecule has 1 N–H and O–H groups in total. The molecule has 0 heterocycles. The fourth-order valence-corrected chi connectivity index (χ4v) is 2.68. The lowest BCUT2D eigenvalue weighted by Gasteiger charge is -2.24. The van der Waals surface area contributed by atoms with Gasteiger partial charge in [0.05, 0.1) is 0 Å². The van der Waals surface area contributed by atoms with Crippen LogP contribution in [0.3, 0.4) is 0 Å². The number of nitrogens with one attached hydrogen (secondary N) is 1. The highest BCUT2D eigenvalue weighted by atomic mass is 32.2. The largest absolute Gasteiger partial charge is 0.311 e. The van der Waals surface area contributed by atoms with Crippen molar-refractivity contribution in [2.75, 3.05) is 5.75 Å². The van der Waals surface area contributed by atoms with E-state index in [2.05, 4.69) is 51.7 Å². The van der Waals surface area contributed by atoms with Crippen LogP contribution < -0.4 is 5.32 Å². The van der Waals surface area contributed by atoms with Crippen molar-refractivity contribution in [2.45, 2.75) is 70.7 Å². The van der Waals surface area contributed by atoms with Gasteiger partial charge in [0.15, 0.2) is 0 Å². The van der Waals surface area contributed by atoms with Crippen LogP contribution in [-0.4, -0.2) is 22.6 Å². The first-order chi connectivity index (χ1) is 6.87. The van der Waals surface area contributed by atoms with Crippen molar-refractivity contribution in [3.63, 3.8) is 0 Å². The van der Waals surface area contributed by atoms with E-state index in [9.17, 15) is 0 Å². The summed E-state index contributed by atoms with van der Waals surface area (Å²) < 4.78 is 0.398. The van der Waals surface area contributed by atoms with Crippen molar-refractivity contribution in [1.82, 2.24) is 5.32 Å². The molecule has 2 atom stereocenters. The normalized spacial score (nSPS) is 21.4. The minimum atomic E-state index is 0.398. The van der Waals surface area contributed by atoms with Crippen molar-refractivity contribution in [3.05, 3.63) is 0 Å². The molecular formula is C13H27NS. The fourth-order valence-electron chi connectivity index (χ4n) is 1.83. The highest BCUT2D eigenvalue weighted by Crippen LogP contribution is 2.33. The Morgan fingerprint density at radius 2 is 1.80 bits per heavy atom. The third-order valence-corrected chi connectivity index (χ3v) is 4.25.